The highest BCUT2D eigenvalue weighted by atomic mass is 19.1. The molecule has 6 N–H and O–H groups in total. The number of hydrogen-bond acceptors (Lipinski definition) is 8. The summed E-state index contributed by atoms with van der Waals surface area (Å²) in [4.78, 5) is 16.4. The molecule has 11 heteroatoms. The van der Waals surface area contributed by atoms with Crippen molar-refractivity contribution in [3.8, 4) is 0 Å². The monoisotopic (exact) mass is 371 g/mol. The zero-order valence-electron chi connectivity index (χ0n) is 14.3. The predicted octanol–water partition coefficient (Wildman–Crippen LogP) is 0.458. The van der Waals surface area contributed by atoms with E-state index >= 15 is 0 Å². The number of carbonyl (C=O) groups is 1. The van der Waals surface area contributed by atoms with Crippen LogP contribution in [0.2, 0.25) is 0 Å². The molecule has 0 spiro atoms. The lowest BCUT2D eigenvalue weighted by molar-refractivity contribution is 0.0995. The van der Waals surface area contributed by atoms with E-state index in [4.69, 9.17) is 11.5 Å². The van der Waals surface area contributed by atoms with Gasteiger partial charge in [0.2, 0.25) is 0 Å². The Balaban J connectivity index is 1.55. The van der Waals surface area contributed by atoms with Crippen LogP contribution in [0.15, 0.2) is 24.4 Å². The van der Waals surface area contributed by atoms with E-state index in [1.54, 1.807) is 29.3 Å². The number of nitrogen functional groups attached to an aromatic ring is 1. The van der Waals surface area contributed by atoms with Crippen LogP contribution in [-0.4, -0.2) is 56.6 Å². The number of aromatic nitrogens is 5. The van der Waals surface area contributed by atoms with E-state index in [1.807, 2.05) is 0 Å². The van der Waals surface area contributed by atoms with Crippen LogP contribution in [0.4, 0.5) is 21.7 Å². The summed E-state index contributed by atoms with van der Waals surface area (Å²) >= 11 is 0. The van der Waals surface area contributed by atoms with Gasteiger partial charge < -0.3 is 26.7 Å². The van der Waals surface area contributed by atoms with E-state index in [0.717, 1.165) is 0 Å². The number of nitrogens with two attached hydrogens (primary N) is 2. The molecule has 10 nitrogen and oxygen atoms in total. The topological polar surface area (TPSA) is 152 Å². The molecule has 0 aliphatic carbocycles. The zero-order chi connectivity index (χ0) is 19.0. The SMILES string of the molecule is NC(=O)c1nnc2[nH]ccc2c1N[C@@H]1CCN(c2ccc(N)nn2)C[C@@H]1F. The molecule has 2 atom stereocenters. The van der Waals surface area contributed by atoms with Gasteiger partial charge in [0.25, 0.3) is 5.91 Å². The van der Waals surface area contributed by atoms with Crippen LogP contribution in [0.25, 0.3) is 11.0 Å². The number of alkyl halides is 1. The van der Waals surface area contributed by atoms with Crippen LogP contribution < -0.4 is 21.7 Å². The number of aromatic amines is 1. The summed E-state index contributed by atoms with van der Waals surface area (Å²) in [6.45, 7) is 0.703. The minimum atomic E-state index is -1.21. The smallest absolute Gasteiger partial charge is 0.271 e. The Labute approximate surface area is 153 Å². The molecule has 140 valence electrons. The first-order valence-corrected chi connectivity index (χ1v) is 8.41. The highest BCUT2D eigenvalue weighted by Gasteiger charge is 2.31. The summed E-state index contributed by atoms with van der Waals surface area (Å²) in [6, 6.07) is 4.57. The van der Waals surface area contributed by atoms with E-state index in [-0.39, 0.29) is 12.2 Å². The van der Waals surface area contributed by atoms with E-state index in [9.17, 15) is 9.18 Å². The summed E-state index contributed by atoms with van der Waals surface area (Å²) in [5.74, 6) is 0.159. The first-order chi connectivity index (χ1) is 13.0. The Bertz CT molecular complexity index is 974. The fourth-order valence-corrected chi connectivity index (χ4v) is 3.21. The standard InChI is InChI=1S/C16H18FN9O/c17-9-7-26(12-2-1-11(18)22-23-12)6-4-10(9)21-13-8-3-5-20-16(8)25-24-14(13)15(19)27/h1-3,5,9-10H,4,6-7H2,(H2,18,22)(H2,19,27)(H2,20,21,25)/t9-,10+/m0/s1. The number of piperidine rings is 1. The summed E-state index contributed by atoms with van der Waals surface area (Å²) in [5, 5.41) is 19.3. The van der Waals surface area contributed by atoms with Crippen LogP contribution >= 0.6 is 0 Å². The number of nitrogens with zero attached hydrogens (tertiary/aromatic N) is 5. The average Bonchev–Trinajstić information content (AvgIpc) is 3.13. The lowest BCUT2D eigenvalue weighted by Crippen LogP contribution is -2.48. The van der Waals surface area contributed by atoms with Crippen LogP contribution in [0, 0.1) is 0 Å². The number of carbonyl (C=O) groups excluding carboxylic acids is 1. The highest BCUT2D eigenvalue weighted by molar-refractivity contribution is 6.04. The fourth-order valence-electron chi connectivity index (χ4n) is 3.21. The molecule has 0 saturated carbocycles. The molecule has 0 aromatic carbocycles. The van der Waals surface area contributed by atoms with Crippen molar-refractivity contribution < 1.29 is 9.18 Å². The number of H-pyrrole nitrogens is 1. The summed E-state index contributed by atoms with van der Waals surface area (Å²) < 4.78 is 14.9. The normalized spacial score (nSPS) is 20.0. The molecule has 0 unspecified atom stereocenters. The number of primary amides is 1. The molecule has 4 heterocycles. The van der Waals surface area contributed by atoms with Crippen molar-refractivity contribution in [2.45, 2.75) is 18.6 Å². The van der Waals surface area contributed by atoms with Gasteiger partial charge in [0.05, 0.1) is 18.3 Å². The quantitative estimate of drug-likeness (QED) is 0.516. The summed E-state index contributed by atoms with van der Waals surface area (Å²) in [7, 11) is 0. The second kappa shape index (κ2) is 6.67. The number of anilines is 3. The Morgan fingerprint density at radius 1 is 1.26 bits per heavy atom. The maximum absolute atomic E-state index is 14.9. The van der Waals surface area contributed by atoms with Gasteiger partial charge in [-0.2, -0.15) is 0 Å². The Morgan fingerprint density at radius 3 is 2.81 bits per heavy atom. The van der Waals surface area contributed by atoms with Gasteiger partial charge in [0, 0.05) is 18.1 Å². The zero-order valence-corrected chi connectivity index (χ0v) is 14.3. The largest absolute Gasteiger partial charge is 0.382 e. The molecule has 1 aliphatic heterocycles. The maximum Gasteiger partial charge on any atom is 0.271 e. The van der Waals surface area contributed by atoms with Gasteiger partial charge in [0.1, 0.15) is 12.0 Å². The van der Waals surface area contributed by atoms with E-state index in [2.05, 4.69) is 30.7 Å². The number of nitrogens with one attached hydrogen (secondary N) is 2. The van der Waals surface area contributed by atoms with E-state index < -0.39 is 18.1 Å². The molecule has 3 aromatic rings. The molecule has 27 heavy (non-hydrogen) atoms. The van der Waals surface area contributed by atoms with Crippen LogP contribution in [0.1, 0.15) is 16.9 Å². The van der Waals surface area contributed by atoms with Gasteiger partial charge in [-0.15, -0.1) is 20.4 Å². The lowest BCUT2D eigenvalue weighted by Gasteiger charge is -2.36. The van der Waals surface area contributed by atoms with Gasteiger partial charge in [-0.3, -0.25) is 4.79 Å². The predicted molar refractivity (Wildman–Crippen MR) is 98.0 cm³/mol. The molecule has 0 bridgehead atoms. The van der Waals surface area contributed by atoms with Crippen LogP contribution in [0.3, 0.4) is 0 Å². The Hall–Kier alpha value is -3.50. The van der Waals surface area contributed by atoms with Gasteiger partial charge in [-0.05, 0) is 24.6 Å². The summed E-state index contributed by atoms with van der Waals surface area (Å²) in [5.41, 5.74) is 11.8. The molecule has 1 aliphatic rings. The van der Waals surface area contributed by atoms with Crippen molar-refractivity contribution in [3.63, 3.8) is 0 Å². The molecular formula is C16H18FN9O. The summed E-state index contributed by atoms with van der Waals surface area (Å²) in [6.07, 6.45) is 0.950. The average molecular weight is 371 g/mol. The molecule has 1 fully saturated rings. The maximum atomic E-state index is 14.9. The second-order valence-corrected chi connectivity index (χ2v) is 6.35. The van der Waals surface area contributed by atoms with Gasteiger partial charge in [-0.1, -0.05) is 0 Å². The number of fused-ring (bicyclic) bond motifs is 1. The Kier molecular flexibility index (Phi) is 4.18. The van der Waals surface area contributed by atoms with E-state index in [1.165, 1.54) is 0 Å². The Morgan fingerprint density at radius 2 is 2.11 bits per heavy atom. The molecule has 0 radical (unpaired) electrons. The number of rotatable bonds is 4. The van der Waals surface area contributed by atoms with Crippen molar-refractivity contribution in [2.24, 2.45) is 5.73 Å². The molecular weight excluding hydrogens is 353 g/mol. The second-order valence-electron chi connectivity index (χ2n) is 6.35. The third-order valence-corrected chi connectivity index (χ3v) is 4.58. The number of halogens is 1. The fraction of sp³-hybridized carbons (Fsp3) is 0.312. The van der Waals surface area contributed by atoms with Crippen molar-refractivity contribution in [3.05, 3.63) is 30.1 Å². The van der Waals surface area contributed by atoms with Crippen LogP contribution in [-0.2, 0) is 0 Å². The third-order valence-electron chi connectivity index (χ3n) is 4.58. The van der Waals surface area contributed by atoms with Crippen molar-refractivity contribution in [1.29, 1.82) is 0 Å². The van der Waals surface area contributed by atoms with Crippen LogP contribution in [0.5, 0.6) is 0 Å². The van der Waals surface area contributed by atoms with Gasteiger partial charge >= 0.3 is 0 Å². The lowest BCUT2D eigenvalue weighted by atomic mass is 10.0. The number of amides is 1. The molecule has 1 saturated heterocycles. The minimum Gasteiger partial charge on any atom is -0.382 e. The molecule has 1 amide bonds. The minimum absolute atomic E-state index is 0.0128. The van der Waals surface area contributed by atoms with Gasteiger partial charge in [-0.25, -0.2) is 4.39 Å². The third kappa shape index (κ3) is 3.18. The van der Waals surface area contributed by atoms with E-state index in [0.29, 0.717) is 41.3 Å². The molecule has 4 rings (SSSR count). The molecule has 3 aromatic heterocycles. The highest BCUT2D eigenvalue weighted by Crippen LogP contribution is 2.28. The van der Waals surface area contributed by atoms with Crippen molar-refractivity contribution in [2.75, 3.05) is 29.0 Å². The first-order valence-electron chi connectivity index (χ1n) is 8.41. The van der Waals surface area contributed by atoms with Gasteiger partial charge in [0.15, 0.2) is 17.2 Å². The van der Waals surface area contributed by atoms with Crippen molar-refractivity contribution >= 4 is 34.3 Å². The number of hydrogen-bond donors (Lipinski definition) is 4. The first kappa shape index (κ1) is 16.9. The van der Waals surface area contributed by atoms with Crippen molar-refractivity contribution in [1.82, 2.24) is 25.4 Å².